The van der Waals surface area contributed by atoms with Crippen LogP contribution in [0.4, 0.5) is 4.39 Å². The summed E-state index contributed by atoms with van der Waals surface area (Å²) < 4.78 is 18.8. The number of aliphatic hydroxyl groups excluding tert-OH is 1. The molecule has 3 atom stereocenters. The summed E-state index contributed by atoms with van der Waals surface area (Å²) in [6.07, 6.45) is 2.13. The van der Waals surface area contributed by atoms with Gasteiger partial charge in [-0.3, -0.25) is 4.79 Å². The van der Waals surface area contributed by atoms with Crippen LogP contribution in [0.25, 0.3) is 0 Å². The topological polar surface area (TPSA) is 58.6 Å². The number of nitrogens with one attached hydrogen (secondary N) is 1. The van der Waals surface area contributed by atoms with Gasteiger partial charge in [0.05, 0.1) is 12.1 Å². The number of aliphatic hydroxyl groups is 1. The second-order valence-corrected chi connectivity index (χ2v) is 5.16. The van der Waals surface area contributed by atoms with Gasteiger partial charge in [-0.15, -0.1) is 0 Å². The van der Waals surface area contributed by atoms with Crippen molar-refractivity contribution in [2.45, 2.75) is 50.9 Å². The highest BCUT2D eigenvalue weighted by atomic mass is 19.1. The number of rotatable bonds is 4. The molecule has 0 bridgehead atoms. The number of carbonyl (C=O) groups is 1. The minimum atomic E-state index is -0.805. The van der Waals surface area contributed by atoms with Crippen molar-refractivity contribution in [1.82, 2.24) is 5.32 Å². The van der Waals surface area contributed by atoms with Crippen LogP contribution >= 0.6 is 0 Å². The normalized spacial score (nSPS) is 23.9. The second-order valence-electron chi connectivity index (χ2n) is 5.16. The maximum Gasteiger partial charge on any atom is 0.261 e. The highest BCUT2D eigenvalue weighted by Crippen LogP contribution is 2.20. The number of halogens is 1. The third-order valence-electron chi connectivity index (χ3n) is 3.57. The molecule has 0 heterocycles. The number of ether oxygens (including phenoxy) is 1. The van der Waals surface area contributed by atoms with Gasteiger partial charge in [-0.05, 0) is 31.9 Å². The lowest BCUT2D eigenvalue weighted by Crippen LogP contribution is -2.49. The van der Waals surface area contributed by atoms with Crippen LogP contribution in [0.5, 0.6) is 5.75 Å². The molecule has 2 rings (SSSR count). The van der Waals surface area contributed by atoms with Crippen LogP contribution < -0.4 is 10.1 Å². The lowest BCUT2D eigenvalue weighted by atomic mass is 9.92. The quantitative estimate of drug-likeness (QED) is 0.887. The molecule has 1 aliphatic rings. The Labute approximate surface area is 117 Å². The molecule has 0 aromatic heterocycles. The van der Waals surface area contributed by atoms with E-state index < -0.39 is 18.0 Å². The van der Waals surface area contributed by atoms with Crippen molar-refractivity contribution in [3.8, 4) is 5.75 Å². The van der Waals surface area contributed by atoms with E-state index in [1.165, 1.54) is 12.1 Å². The minimum Gasteiger partial charge on any atom is -0.478 e. The number of amides is 1. The van der Waals surface area contributed by atoms with E-state index in [1.807, 2.05) is 0 Å². The SMILES string of the molecule is CC(Oc1ccccc1F)C(=O)N[C@@H]1CCCC[C@H]1O. The predicted molar refractivity (Wildman–Crippen MR) is 72.9 cm³/mol. The van der Waals surface area contributed by atoms with Gasteiger partial charge in [-0.25, -0.2) is 4.39 Å². The molecular weight excluding hydrogens is 261 g/mol. The maximum absolute atomic E-state index is 13.4. The fourth-order valence-corrected chi connectivity index (χ4v) is 2.36. The zero-order valence-corrected chi connectivity index (χ0v) is 11.5. The lowest BCUT2D eigenvalue weighted by Gasteiger charge is -2.29. The van der Waals surface area contributed by atoms with E-state index in [4.69, 9.17) is 4.74 Å². The van der Waals surface area contributed by atoms with Crippen LogP contribution in [-0.2, 0) is 4.79 Å². The Balaban J connectivity index is 1.90. The standard InChI is InChI=1S/C15H20FNO3/c1-10(20-14-9-5-2-6-11(14)16)15(19)17-12-7-3-4-8-13(12)18/h2,5-6,9-10,12-13,18H,3-4,7-8H2,1H3,(H,17,19)/t10?,12-,13-/m1/s1. The maximum atomic E-state index is 13.4. The fraction of sp³-hybridized carbons (Fsp3) is 0.533. The van der Waals surface area contributed by atoms with Crippen LogP contribution in [-0.4, -0.2) is 29.3 Å². The average molecular weight is 281 g/mol. The molecule has 0 spiro atoms. The summed E-state index contributed by atoms with van der Waals surface area (Å²) in [7, 11) is 0. The van der Waals surface area contributed by atoms with Gasteiger partial charge in [-0.1, -0.05) is 25.0 Å². The summed E-state index contributed by atoms with van der Waals surface area (Å²) in [4.78, 5) is 12.0. The van der Waals surface area contributed by atoms with Crippen molar-refractivity contribution in [1.29, 1.82) is 0 Å². The molecule has 1 aromatic rings. The average Bonchev–Trinajstić information content (AvgIpc) is 2.43. The van der Waals surface area contributed by atoms with Crippen LogP contribution in [0.3, 0.4) is 0 Å². The highest BCUT2D eigenvalue weighted by Gasteiger charge is 2.27. The van der Waals surface area contributed by atoms with Crippen molar-refractivity contribution >= 4 is 5.91 Å². The van der Waals surface area contributed by atoms with Crippen LogP contribution in [0, 0.1) is 5.82 Å². The van der Waals surface area contributed by atoms with E-state index in [0.717, 1.165) is 19.3 Å². The molecule has 1 amide bonds. The van der Waals surface area contributed by atoms with Gasteiger partial charge in [-0.2, -0.15) is 0 Å². The van der Waals surface area contributed by atoms with E-state index in [9.17, 15) is 14.3 Å². The van der Waals surface area contributed by atoms with Crippen molar-refractivity contribution < 1.29 is 19.0 Å². The molecule has 4 nitrogen and oxygen atoms in total. The number of hydrogen-bond acceptors (Lipinski definition) is 3. The molecule has 0 radical (unpaired) electrons. The summed E-state index contributed by atoms with van der Waals surface area (Å²) >= 11 is 0. The third-order valence-corrected chi connectivity index (χ3v) is 3.57. The Morgan fingerprint density at radius 2 is 2.10 bits per heavy atom. The van der Waals surface area contributed by atoms with Crippen molar-refractivity contribution in [3.05, 3.63) is 30.1 Å². The molecule has 1 aliphatic carbocycles. The Hall–Kier alpha value is -1.62. The molecule has 0 aliphatic heterocycles. The smallest absolute Gasteiger partial charge is 0.261 e. The monoisotopic (exact) mass is 281 g/mol. The zero-order valence-electron chi connectivity index (χ0n) is 11.5. The Morgan fingerprint density at radius 3 is 2.80 bits per heavy atom. The van der Waals surface area contributed by atoms with Crippen LogP contribution in [0.1, 0.15) is 32.6 Å². The van der Waals surface area contributed by atoms with Gasteiger partial charge < -0.3 is 15.2 Å². The Morgan fingerprint density at radius 1 is 1.40 bits per heavy atom. The molecule has 1 unspecified atom stereocenters. The van der Waals surface area contributed by atoms with Crippen LogP contribution in [0.15, 0.2) is 24.3 Å². The van der Waals surface area contributed by atoms with E-state index in [-0.39, 0.29) is 17.7 Å². The lowest BCUT2D eigenvalue weighted by molar-refractivity contribution is -0.129. The first-order valence-electron chi connectivity index (χ1n) is 6.97. The highest BCUT2D eigenvalue weighted by molar-refractivity contribution is 5.81. The van der Waals surface area contributed by atoms with Crippen molar-refractivity contribution in [2.75, 3.05) is 0 Å². The molecule has 1 saturated carbocycles. The summed E-state index contributed by atoms with van der Waals surface area (Å²) in [5.41, 5.74) is 0. The Bertz CT molecular complexity index is 466. The van der Waals surface area contributed by atoms with E-state index in [0.29, 0.717) is 6.42 Å². The van der Waals surface area contributed by atoms with Gasteiger partial charge in [0, 0.05) is 0 Å². The van der Waals surface area contributed by atoms with E-state index in [2.05, 4.69) is 5.32 Å². The number of hydrogen-bond donors (Lipinski definition) is 2. The number of carbonyl (C=O) groups excluding carboxylic acids is 1. The third kappa shape index (κ3) is 3.70. The zero-order chi connectivity index (χ0) is 14.5. The minimum absolute atomic E-state index is 0.0549. The molecular formula is C15H20FNO3. The second kappa shape index (κ2) is 6.70. The van der Waals surface area contributed by atoms with Gasteiger partial charge >= 0.3 is 0 Å². The van der Waals surface area contributed by atoms with Crippen molar-refractivity contribution in [3.63, 3.8) is 0 Å². The van der Waals surface area contributed by atoms with Gasteiger partial charge in [0.1, 0.15) is 0 Å². The first-order chi connectivity index (χ1) is 9.58. The summed E-state index contributed by atoms with van der Waals surface area (Å²) in [6.45, 7) is 1.57. The number of para-hydroxylation sites is 1. The van der Waals surface area contributed by atoms with Gasteiger partial charge in [0.2, 0.25) is 0 Å². The molecule has 110 valence electrons. The molecule has 20 heavy (non-hydrogen) atoms. The van der Waals surface area contributed by atoms with Gasteiger partial charge in [0.25, 0.3) is 5.91 Å². The molecule has 1 fully saturated rings. The molecule has 1 aromatic carbocycles. The molecule has 0 saturated heterocycles. The number of benzene rings is 1. The first-order valence-corrected chi connectivity index (χ1v) is 6.97. The summed E-state index contributed by atoms with van der Waals surface area (Å²) in [5.74, 6) is -0.775. The van der Waals surface area contributed by atoms with E-state index >= 15 is 0 Å². The summed E-state index contributed by atoms with van der Waals surface area (Å²) in [5, 5.41) is 12.6. The van der Waals surface area contributed by atoms with Crippen molar-refractivity contribution in [2.24, 2.45) is 0 Å². The van der Waals surface area contributed by atoms with Crippen LogP contribution in [0.2, 0.25) is 0 Å². The van der Waals surface area contributed by atoms with E-state index in [1.54, 1.807) is 19.1 Å². The molecule has 2 N–H and O–H groups in total. The van der Waals surface area contributed by atoms with Gasteiger partial charge in [0.15, 0.2) is 17.7 Å². The first kappa shape index (κ1) is 14.8. The predicted octanol–water partition coefficient (Wildman–Crippen LogP) is 2.01. The summed E-state index contributed by atoms with van der Waals surface area (Å²) in [6, 6.07) is 5.74. The fourth-order valence-electron chi connectivity index (χ4n) is 2.36. The Kier molecular flexibility index (Phi) is 4.95. The molecule has 5 heteroatoms. The largest absolute Gasteiger partial charge is 0.478 e.